The van der Waals surface area contributed by atoms with Gasteiger partial charge in [0.05, 0.1) is 6.04 Å². The summed E-state index contributed by atoms with van der Waals surface area (Å²) < 4.78 is 0. The normalized spacial score (nSPS) is 12.7. The minimum Gasteiger partial charge on any atom is -0.345 e. The van der Waals surface area contributed by atoms with Gasteiger partial charge in [-0.25, -0.2) is 4.98 Å². The summed E-state index contributed by atoms with van der Waals surface area (Å²) >= 11 is 0. The summed E-state index contributed by atoms with van der Waals surface area (Å²) in [6.45, 7) is 1.98. The second-order valence-corrected chi connectivity index (χ2v) is 3.75. The molecule has 3 N–H and O–H groups in total. The van der Waals surface area contributed by atoms with Crippen LogP contribution in [0.5, 0.6) is 0 Å². The van der Waals surface area contributed by atoms with Gasteiger partial charge >= 0.3 is 0 Å². The average molecular weight is 201 g/mol. The summed E-state index contributed by atoms with van der Waals surface area (Å²) in [4.78, 5) is 7.39. The number of aryl methyl sites for hydroxylation is 1. The summed E-state index contributed by atoms with van der Waals surface area (Å²) in [5, 5.41) is 0. The van der Waals surface area contributed by atoms with E-state index in [1.54, 1.807) is 6.20 Å². The molecule has 78 valence electrons. The molecule has 0 aliphatic heterocycles. The first-order valence-electron chi connectivity index (χ1n) is 5.06. The zero-order valence-corrected chi connectivity index (χ0v) is 8.77. The summed E-state index contributed by atoms with van der Waals surface area (Å²) in [5.41, 5.74) is 8.33. The minimum absolute atomic E-state index is 0.0545. The molecule has 15 heavy (non-hydrogen) atoms. The fraction of sp³-hybridized carbons (Fsp3) is 0.250. The molecule has 2 rings (SSSR count). The number of benzene rings is 1. The second-order valence-electron chi connectivity index (χ2n) is 3.75. The van der Waals surface area contributed by atoms with Crippen LogP contribution in [0.3, 0.4) is 0 Å². The molecule has 0 saturated heterocycles. The molecule has 1 aromatic carbocycles. The monoisotopic (exact) mass is 201 g/mol. The molecule has 1 atom stereocenters. The molecule has 0 amide bonds. The Kier molecular flexibility index (Phi) is 2.83. The van der Waals surface area contributed by atoms with Crippen LogP contribution in [-0.2, 0) is 6.42 Å². The van der Waals surface area contributed by atoms with Gasteiger partial charge < -0.3 is 10.7 Å². The number of aromatic nitrogens is 2. The molecule has 1 aromatic heterocycles. The number of nitrogens with zero attached hydrogens (tertiary/aromatic N) is 1. The standard InChI is InChI=1S/C12H15N3/c1-9-8-14-12(15-9)11(13)7-10-5-3-2-4-6-10/h2-6,8,11H,7,13H2,1H3,(H,14,15). The third-order valence-electron chi connectivity index (χ3n) is 2.37. The van der Waals surface area contributed by atoms with E-state index in [1.165, 1.54) is 5.56 Å². The lowest BCUT2D eigenvalue weighted by Crippen LogP contribution is -2.14. The lowest BCUT2D eigenvalue weighted by atomic mass is 10.1. The lowest BCUT2D eigenvalue weighted by Gasteiger charge is -2.08. The summed E-state index contributed by atoms with van der Waals surface area (Å²) in [7, 11) is 0. The van der Waals surface area contributed by atoms with Crippen LogP contribution in [-0.4, -0.2) is 9.97 Å². The SMILES string of the molecule is Cc1cnc(C(N)Cc2ccccc2)[nH]1. The number of nitrogens with two attached hydrogens (primary N) is 1. The molecule has 0 bridgehead atoms. The van der Waals surface area contributed by atoms with Gasteiger partial charge in [0.15, 0.2) is 0 Å². The van der Waals surface area contributed by atoms with Crippen molar-refractivity contribution in [2.45, 2.75) is 19.4 Å². The van der Waals surface area contributed by atoms with Crippen molar-refractivity contribution < 1.29 is 0 Å². The van der Waals surface area contributed by atoms with Crippen LogP contribution >= 0.6 is 0 Å². The molecule has 2 aromatic rings. The average Bonchev–Trinajstić information content (AvgIpc) is 2.66. The first kappa shape index (κ1) is 9.93. The predicted molar refractivity (Wildman–Crippen MR) is 60.4 cm³/mol. The third kappa shape index (κ3) is 2.44. The van der Waals surface area contributed by atoms with Crippen molar-refractivity contribution >= 4 is 0 Å². The lowest BCUT2D eigenvalue weighted by molar-refractivity contribution is 0.676. The number of imidazole rings is 1. The molecule has 0 spiro atoms. The van der Waals surface area contributed by atoms with Crippen molar-refractivity contribution in [2.75, 3.05) is 0 Å². The highest BCUT2D eigenvalue weighted by Gasteiger charge is 2.09. The van der Waals surface area contributed by atoms with Gasteiger partial charge in [0.2, 0.25) is 0 Å². The van der Waals surface area contributed by atoms with E-state index in [2.05, 4.69) is 22.1 Å². The van der Waals surface area contributed by atoms with Crippen LogP contribution < -0.4 is 5.73 Å². The third-order valence-corrected chi connectivity index (χ3v) is 2.37. The van der Waals surface area contributed by atoms with Crippen molar-refractivity contribution in [1.82, 2.24) is 9.97 Å². The molecule has 3 nitrogen and oxygen atoms in total. The molecule has 1 unspecified atom stereocenters. The number of nitrogens with one attached hydrogen (secondary N) is 1. The maximum absolute atomic E-state index is 6.05. The first-order chi connectivity index (χ1) is 7.25. The molecule has 0 aliphatic rings. The van der Waals surface area contributed by atoms with Crippen LogP contribution in [0.2, 0.25) is 0 Å². The topological polar surface area (TPSA) is 54.7 Å². The number of rotatable bonds is 3. The van der Waals surface area contributed by atoms with Gasteiger partial charge in [0.25, 0.3) is 0 Å². The Balaban J connectivity index is 2.07. The number of H-pyrrole nitrogens is 1. The Labute approximate surface area is 89.4 Å². The summed E-state index contributed by atoms with van der Waals surface area (Å²) in [6, 6.07) is 10.2. The minimum atomic E-state index is -0.0545. The van der Waals surface area contributed by atoms with Crippen LogP contribution in [0.1, 0.15) is 23.1 Å². The smallest absolute Gasteiger partial charge is 0.123 e. The summed E-state index contributed by atoms with van der Waals surface area (Å²) in [5.74, 6) is 0.858. The van der Waals surface area contributed by atoms with Crippen molar-refractivity contribution in [1.29, 1.82) is 0 Å². The van der Waals surface area contributed by atoms with Gasteiger partial charge in [-0.15, -0.1) is 0 Å². The number of hydrogen-bond acceptors (Lipinski definition) is 2. The van der Waals surface area contributed by atoms with Gasteiger partial charge in [-0.3, -0.25) is 0 Å². The Bertz CT molecular complexity index is 419. The highest BCUT2D eigenvalue weighted by molar-refractivity contribution is 5.17. The molecule has 0 fully saturated rings. The Morgan fingerprint density at radius 3 is 2.67 bits per heavy atom. The first-order valence-corrected chi connectivity index (χ1v) is 5.06. The fourth-order valence-electron chi connectivity index (χ4n) is 1.59. The van der Waals surface area contributed by atoms with Gasteiger partial charge in [0, 0.05) is 11.9 Å². The van der Waals surface area contributed by atoms with Crippen molar-refractivity contribution in [3.63, 3.8) is 0 Å². The maximum atomic E-state index is 6.05. The Hall–Kier alpha value is -1.61. The Morgan fingerprint density at radius 1 is 1.33 bits per heavy atom. The van der Waals surface area contributed by atoms with E-state index in [4.69, 9.17) is 5.73 Å². The highest BCUT2D eigenvalue weighted by Crippen LogP contribution is 2.12. The highest BCUT2D eigenvalue weighted by atomic mass is 14.9. The van der Waals surface area contributed by atoms with Gasteiger partial charge in [-0.05, 0) is 18.9 Å². The van der Waals surface area contributed by atoms with E-state index >= 15 is 0 Å². The van der Waals surface area contributed by atoms with E-state index in [1.807, 2.05) is 25.1 Å². The summed E-state index contributed by atoms with van der Waals surface area (Å²) in [6.07, 6.45) is 2.62. The van der Waals surface area contributed by atoms with Crippen molar-refractivity contribution in [3.05, 3.63) is 53.6 Å². The van der Waals surface area contributed by atoms with Crippen LogP contribution in [0.25, 0.3) is 0 Å². The van der Waals surface area contributed by atoms with Gasteiger partial charge in [-0.2, -0.15) is 0 Å². The van der Waals surface area contributed by atoms with Crippen LogP contribution in [0.4, 0.5) is 0 Å². The quantitative estimate of drug-likeness (QED) is 0.797. The fourth-order valence-corrected chi connectivity index (χ4v) is 1.59. The maximum Gasteiger partial charge on any atom is 0.123 e. The number of aromatic amines is 1. The Morgan fingerprint density at radius 2 is 2.07 bits per heavy atom. The van der Waals surface area contributed by atoms with Crippen LogP contribution in [0.15, 0.2) is 36.5 Å². The molecule has 0 radical (unpaired) electrons. The van der Waals surface area contributed by atoms with E-state index in [0.717, 1.165) is 17.9 Å². The number of hydrogen-bond donors (Lipinski definition) is 2. The zero-order chi connectivity index (χ0) is 10.7. The predicted octanol–water partition coefficient (Wildman–Crippen LogP) is 1.96. The van der Waals surface area contributed by atoms with Gasteiger partial charge in [-0.1, -0.05) is 30.3 Å². The molecule has 0 aliphatic carbocycles. The largest absolute Gasteiger partial charge is 0.345 e. The van der Waals surface area contributed by atoms with E-state index < -0.39 is 0 Å². The van der Waals surface area contributed by atoms with Crippen molar-refractivity contribution in [3.8, 4) is 0 Å². The van der Waals surface area contributed by atoms with Gasteiger partial charge in [0.1, 0.15) is 5.82 Å². The molecular formula is C12H15N3. The van der Waals surface area contributed by atoms with E-state index in [0.29, 0.717) is 0 Å². The van der Waals surface area contributed by atoms with E-state index in [-0.39, 0.29) is 6.04 Å². The second kappa shape index (κ2) is 4.28. The van der Waals surface area contributed by atoms with E-state index in [9.17, 15) is 0 Å². The molecule has 3 heteroatoms. The van der Waals surface area contributed by atoms with Crippen molar-refractivity contribution in [2.24, 2.45) is 5.73 Å². The molecule has 1 heterocycles. The molecule has 0 saturated carbocycles. The molecular weight excluding hydrogens is 186 g/mol. The van der Waals surface area contributed by atoms with Crippen LogP contribution in [0, 0.1) is 6.92 Å². The zero-order valence-electron chi connectivity index (χ0n) is 8.77.